The summed E-state index contributed by atoms with van der Waals surface area (Å²) in [6.07, 6.45) is 5.16. The SMILES string of the molecule is Cc1cc(N[C@H]2CC(C)(C)Cc3nc(N4CCC(O)CC4)ncc32)nc(N)n1. The van der Waals surface area contributed by atoms with Crippen molar-refractivity contribution in [3.8, 4) is 0 Å². The molecule has 0 aromatic carbocycles. The van der Waals surface area contributed by atoms with E-state index < -0.39 is 0 Å². The zero-order chi connectivity index (χ0) is 19.9. The molecule has 0 radical (unpaired) electrons. The first-order chi connectivity index (χ1) is 13.3. The molecule has 0 unspecified atom stereocenters. The molecular formula is C20H29N7O. The van der Waals surface area contributed by atoms with Crippen LogP contribution in [0.1, 0.15) is 56.1 Å². The molecule has 4 N–H and O–H groups in total. The Bertz CT molecular complexity index is 841. The van der Waals surface area contributed by atoms with Gasteiger partial charge in [0.1, 0.15) is 5.82 Å². The fraction of sp³-hybridized carbons (Fsp3) is 0.600. The number of aliphatic hydroxyl groups excluding tert-OH is 1. The van der Waals surface area contributed by atoms with E-state index in [1.807, 2.05) is 19.2 Å². The van der Waals surface area contributed by atoms with Gasteiger partial charge in [0.2, 0.25) is 11.9 Å². The van der Waals surface area contributed by atoms with Crippen LogP contribution in [0.4, 0.5) is 17.7 Å². The van der Waals surface area contributed by atoms with E-state index in [1.165, 1.54) is 0 Å². The Morgan fingerprint density at radius 3 is 2.68 bits per heavy atom. The third-order valence-electron chi connectivity index (χ3n) is 5.61. The molecule has 2 aromatic rings. The quantitative estimate of drug-likeness (QED) is 0.740. The third kappa shape index (κ3) is 4.01. The lowest BCUT2D eigenvalue weighted by molar-refractivity contribution is 0.145. The number of nitrogens with one attached hydrogen (secondary N) is 1. The lowest BCUT2D eigenvalue weighted by atomic mass is 9.74. The summed E-state index contributed by atoms with van der Waals surface area (Å²) in [6.45, 7) is 8.04. The number of fused-ring (bicyclic) bond motifs is 1. The molecule has 150 valence electrons. The first-order valence-corrected chi connectivity index (χ1v) is 9.96. The number of hydrogen-bond donors (Lipinski definition) is 3. The van der Waals surface area contributed by atoms with Crippen molar-refractivity contribution in [1.82, 2.24) is 19.9 Å². The average molecular weight is 384 g/mol. The molecule has 1 saturated heterocycles. The van der Waals surface area contributed by atoms with E-state index in [4.69, 9.17) is 10.7 Å². The molecule has 3 heterocycles. The topological polar surface area (TPSA) is 113 Å². The molecule has 8 nitrogen and oxygen atoms in total. The second kappa shape index (κ2) is 7.16. The summed E-state index contributed by atoms with van der Waals surface area (Å²) in [5, 5.41) is 13.3. The van der Waals surface area contributed by atoms with Crippen molar-refractivity contribution in [2.75, 3.05) is 29.0 Å². The highest BCUT2D eigenvalue weighted by atomic mass is 16.3. The molecule has 8 heteroatoms. The first kappa shape index (κ1) is 18.9. The molecule has 28 heavy (non-hydrogen) atoms. The number of aliphatic hydroxyl groups is 1. The maximum Gasteiger partial charge on any atom is 0.225 e. The second-order valence-corrected chi connectivity index (χ2v) is 8.79. The molecule has 2 aliphatic rings. The zero-order valence-corrected chi connectivity index (χ0v) is 16.8. The van der Waals surface area contributed by atoms with Crippen molar-refractivity contribution in [3.63, 3.8) is 0 Å². The number of aryl methyl sites for hydroxylation is 1. The fourth-order valence-corrected chi connectivity index (χ4v) is 4.23. The van der Waals surface area contributed by atoms with Gasteiger partial charge in [0.25, 0.3) is 0 Å². The lowest BCUT2D eigenvalue weighted by Gasteiger charge is -2.37. The highest BCUT2D eigenvalue weighted by molar-refractivity contribution is 5.45. The number of nitrogen functional groups attached to an aromatic ring is 1. The summed E-state index contributed by atoms with van der Waals surface area (Å²) >= 11 is 0. The van der Waals surface area contributed by atoms with Crippen LogP contribution in [-0.2, 0) is 6.42 Å². The minimum atomic E-state index is -0.204. The summed E-state index contributed by atoms with van der Waals surface area (Å²) in [5.74, 6) is 1.77. The van der Waals surface area contributed by atoms with Crippen LogP contribution in [0.5, 0.6) is 0 Å². The van der Waals surface area contributed by atoms with Crippen molar-refractivity contribution in [3.05, 3.63) is 29.2 Å². The molecule has 1 fully saturated rings. The van der Waals surface area contributed by atoms with Crippen LogP contribution in [0.3, 0.4) is 0 Å². The molecule has 1 aliphatic carbocycles. The van der Waals surface area contributed by atoms with Crippen molar-refractivity contribution >= 4 is 17.7 Å². The van der Waals surface area contributed by atoms with Crippen molar-refractivity contribution in [1.29, 1.82) is 0 Å². The highest BCUT2D eigenvalue weighted by Gasteiger charge is 2.34. The summed E-state index contributed by atoms with van der Waals surface area (Å²) < 4.78 is 0. The van der Waals surface area contributed by atoms with Gasteiger partial charge in [-0.3, -0.25) is 0 Å². The van der Waals surface area contributed by atoms with Crippen LogP contribution in [-0.4, -0.2) is 44.2 Å². The maximum atomic E-state index is 9.75. The van der Waals surface area contributed by atoms with Crippen LogP contribution in [0.2, 0.25) is 0 Å². The van der Waals surface area contributed by atoms with Gasteiger partial charge in [-0.25, -0.2) is 15.0 Å². The average Bonchev–Trinajstić information content (AvgIpc) is 2.60. The van der Waals surface area contributed by atoms with Gasteiger partial charge in [0.05, 0.1) is 17.8 Å². The summed E-state index contributed by atoms with van der Waals surface area (Å²) in [6, 6.07) is 1.98. The third-order valence-corrected chi connectivity index (χ3v) is 5.61. The maximum absolute atomic E-state index is 9.75. The number of rotatable bonds is 3. The van der Waals surface area contributed by atoms with Crippen molar-refractivity contribution in [2.24, 2.45) is 5.41 Å². The fourth-order valence-electron chi connectivity index (χ4n) is 4.23. The normalized spacial score (nSPS) is 22.0. The van der Waals surface area contributed by atoms with E-state index in [1.54, 1.807) is 0 Å². The van der Waals surface area contributed by atoms with E-state index >= 15 is 0 Å². The molecule has 1 aliphatic heterocycles. The van der Waals surface area contributed by atoms with Crippen LogP contribution in [0, 0.1) is 12.3 Å². The Balaban J connectivity index is 1.62. The molecule has 1 atom stereocenters. The number of nitrogens with zero attached hydrogens (tertiary/aromatic N) is 5. The Hall–Kier alpha value is -2.48. The number of anilines is 3. The van der Waals surface area contributed by atoms with Crippen molar-refractivity contribution in [2.45, 2.75) is 58.6 Å². The summed E-state index contributed by atoms with van der Waals surface area (Å²) in [5.41, 5.74) is 8.97. The smallest absolute Gasteiger partial charge is 0.225 e. The zero-order valence-electron chi connectivity index (χ0n) is 16.8. The molecule has 0 saturated carbocycles. The second-order valence-electron chi connectivity index (χ2n) is 8.79. The van der Waals surface area contributed by atoms with E-state index in [-0.39, 0.29) is 23.5 Å². The van der Waals surface area contributed by atoms with E-state index in [0.29, 0.717) is 0 Å². The lowest BCUT2D eigenvalue weighted by Crippen LogP contribution is -2.38. The molecule has 0 amide bonds. The Kier molecular flexibility index (Phi) is 4.82. The predicted octanol–water partition coefficient (Wildman–Crippen LogP) is 2.24. The predicted molar refractivity (Wildman–Crippen MR) is 109 cm³/mol. The number of aromatic nitrogens is 4. The summed E-state index contributed by atoms with van der Waals surface area (Å²) in [7, 11) is 0. The monoisotopic (exact) mass is 383 g/mol. The largest absolute Gasteiger partial charge is 0.393 e. The van der Waals surface area contributed by atoms with Gasteiger partial charge < -0.3 is 21.1 Å². The molecule has 0 spiro atoms. The molecule has 2 aromatic heterocycles. The minimum absolute atomic E-state index is 0.0738. The van der Waals surface area contributed by atoms with Gasteiger partial charge in [-0.1, -0.05) is 13.8 Å². The standard InChI is InChI=1S/C20H29N7O/c1-12-8-17(26-18(21)23-12)24-15-9-20(2,3)10-16-14(15)11-22-19(25-16)27-6-4-13(28)5-7-27/h8,11,13,15,28H,4-7,9-10H2,1-3H3,(H3,21,23,24,26)/t15-/m0/s1. The van der Waals surface area contributed by atoms with Gasteiger partial charge in [-0.2, -0.15) is 4.98 Å². The number of piperidine rings is 1. The van der Waals surface area contributed by atoms with Crippen LogP contribution in [0.25, 0.3) is 0 Å². The molecule has 0 bridgehead atoms. The number of nitrogens with two attached hydrogens (primary N) is 1. The van der Waals surface area contributed by atoms with E-state index in [9.17, 15) is 5.11 Å². The minimum Gasteiger partial charge on any atom is -0.393 e. The molecule has 4 rings (SSSR count). The van der Waals surface area contributed by atoms with E-state index in [2.05, 4.69) is 39.0 Å². The van der Waals surface area contributed by atoms with Crippen LogP contribution >= 0.6 is 0 Å². The van der Waals surface area contributed by atoms with Gasteiger partial charge in [0, 0.05) is 36.6 Å². The summed E-state index contributed by atoms with van der Waals surface area (Å²) in [4.78, 5) is 20.2. The van der Waals surface area contributed by atoms with Crippen LogP contribution in [0.15, 0.2) is 12.3 Å². The van der Waals surface area contributed by atoms with Crippen molar-refractivity contribution < 1.29 is 5.11 Å². The highest BCUT2D eigenvalue weighted by Crippen LogP contribution is 2.41. The van der Waals surface area contributed by atoms with Crippen LogP contribution < -0.4 is 16.0 Å². The number of hydrogen-bond acceptors (Lipinski definition) is 8. The van der Waals surface area contributed by atoms with Gasteiger partial charge in [-0.05, 0) is 38.0 Å². The van der Waals surface area contributed by atoms with E-state index in [0.717, 1.165) is 67.5 Å². The first-order valence-electron chi connectivity index (χ1n) is 9.96. The Morgan fingerprint density at radius 1 is 1.21 bits per heavy atom. The van der Waals surface area contributed by atoms with Gasteiger partial charge >= 0.3 is 0 Å². The van der Waals surface area contributed by atoms with Gasteiger partial charge in [-0.15, -0.1) is 0 Å². The Labute approximate surface area is 165 Å². The Morgan fingerprint density at radius 2 is 1.96 bits per heavy atom. The van der Waals surface area contributed by atoms with Gasteiger partial charge in [0.15, 0.2) is 0 Å². The molecular weight excluding hydrogens is 354 g/mol.